The first-order valence-corrected chi connectivity index (χ1v) is 11.8. The van der Waals surface area contributed by atoms with Crippen molar-refractivity contribution >= 4 is 77.8 Å². The van der Waals surface area contributed by atoms with Crippen LogP contribution in [0.15, 0.2) is 36.4 Å². The van der Waals surface area contributed by atoms with Gasteiger partial charge in [-0.25, -0.2) is 8.42 Å². The van der Waals surface area contributed by atoms with Crippen molar-refractivity contribution in [1.29, 1.82) is 0 Å². The van der Waals surface area contributed by atoms with Crippen LogP contribution in [0.4, 0.5) is 5.69 Å². The lowest BCUT2D eigenvalue weighted by molar-refractivity contribution is 0.0944. The van der Waals surface area contributed by atoms with E-state index >= 15 is 0 Å². The molecule has 0 aliphatic carbocycles. The maximum Gasteiger partial charge on any atom is 0.263 e. The Balaban J connectivity index is 1.85. The molecule has 1 amide bonds. The molecule has 0 bridgehead atoms. The summed E-state index contributed by atoms with van der Waals surface area (Å²) in [6.07, 6.45) is 1.08. The topological polar surface area (TPSA) is 75.3 Å². The summed E-state index contributed by atoms with van der Waals surface area (Å²) in [5.41, 5.74) is 1.16. The number of thiophene rings is 1. The van der Waals surface area contributed by atoms with Crippen molar-refractivity contribution in [2.75, 3.05) is 11.0 Å². The summed E-state index contributed by atoms with van der Waals surface area (Å²) >= 11 is 19.8. The number of hydrogen-bond donors (Lipinski definition) is 2. The number of amides is 1. The van der Waals surface area contributed by atoms with Crippen LogP contribution in [-0.2, 0) is 10.0 Å². The number of rotatable bonds is 5. The number of halogens is 3. The Morgan fingerprint density at radius 3 is 2.54 bits per heavy atom. The summed E-state index contributed by atoms with van der Waals surface area (Å²) in [4.78, 5) is 13.1. The molecule has 2 N–H and O–H groups in total. The zero-order valence-electron chi connectivity index (χ0n) is 14.7. The van der Waals surface area contributed by atoms with E-state index in [4.69, 9.17) is 34.8 Å². The van der Waals surface area contributed by atoms with Crippen molar-refractivity contribution in [3.05, 3.63) is 61.9 Å². The lowest BCUT2D eigenvalue weighted by Gasteiger charge is -2.15. The Morgan fingerprint density at radius 1 is 1.14 bits per heavy atom. The van der Waals surface area contributed by atoms with Gasteiger partial charge in [0, 0.05) is 20.8 Å². The van der Waals surface area contributed by atoms with Crippen LogP contribution >= 0.6 is 46.1 Å². The predicted octanol–water partition coefficient (Wildman–Crippen LogP) is 5.72. The van der Waals surface area contributed by atoms with E-state index in [0.717, 1.165) is 16.5 Å². The monoisotopic (exact) mass is 476 g/mol. The van der Waals surface area contributed by atoms with Gasteiger partial charge in [0.2, 0.25) is 10.0 Å². The van der Waals surface area contributed by atoms with Crippen molar-refractivity contribution in [3.63, 3.8) is 0 Å². The van der Waals surface area contributed by atoms with Gasteiger partial charge in [0.05, 0.1) is 22.3 Å². The van der Waals surface area contributed by atoms with Gasteiger partial charge in [-0.15, -0.1) is 11.3 Å². The second kappa shape index (κ2) is 8.08. The zero-order chi connectivity index (χ0) is 20.6. The molecule has 0 saturated carbocycles. The molecule has 1 atom stereocenters. The normalized spacial score (nSPS) is 12.8. The SMILES string of the molecule is CC(NC(=O)c1sc2cc(Cl)cc(Cl)c2c1Cl)c1cccc(NS(C)(=O)=O)c1. The first-order chi connectivity index (χ1) is 13.0. The lowest BCUT2D eigenvalue weighted by Crippen LogP contribution is -2.26. The average Bonchev–Trinajstić information content (AvgIpc) is 2.90. The number of nitrogens with one attached hydrogen (secondary N) is 2. The molecule has 28 heavy (non-hydrogen) atoms. The number of carbonyl (C=O) groups is 1. The van der Waals surface area contributed by atoms with Crippen LogP contribution < -0.4 is 10.0 Å². The molecule has 0 fully saturated rings. The molecule has 0 aliphatic heterocycles. The number of hydrogen-bond acceptors (Lipinski definition) is 4. The quantitative estimate of drug-likeness (QED) is 0.493. The number of carbonyl (C=O) groups excluding carboxylic acids is 1. The summed E-state index contributed by atoms with van der Waals surface area (Å²) in [6.45, 7) is 1.79. The number of anilines is 1. The van der Waals surface area contributed by atoms with E-state index in [0.29, 0.717) is 26.0 Å². The lowest BCUT2D eigenvalue weighted by atomic mass is 10.1. The van der Waals surface area contributed by atoms with Crippen LogP contribution in [-0.4, -0.2) is 20.6 Å². The molecule has 10 heteroatoms. The fourth-order valence-electron chi connectivity index (χ4n) is 2.69. The van der Waals surface area contributed by atoms with Crippen molar-refractivity contribution < 1.29 is 13.2 Å². The maximum absolute atomic E-state index is 12.8. The van der Waals surface area contributed by atoms with Gasteiger partial charge in [0.1, 0.15) is 4.88 Å². The summed E-state index contributed by atoms with van der Waals surface area (Å²) in [7, 11) is -3.39. The second-order valence-electron chi connectivity index (χ2n) is 6.20. The second-order valence-corrected chi connectivity index (χ2v) is 10.2. The standard InChI is InChI=1S/C18H15Cl3N2O3S2/c1-9(10-4-3-5-12(6-10)23-28(2,25)26)22-18(24)17-16(21)15-13(20)7-11(19)8-14(15)27-17/h3-9,23H,1-2H3,(H,22,24). The Hall–Kier alpha value is -1.51. The highest BCUT2D eigenvalue weighted by molar-refractivity contribution is 7.92. The largest absolute Gasteiger partial charge is 0.345 e. The van der Waals surface area contributed by atoms with Gasteiger partial charge in [0.25, 0.3) is 5.91 Å². The van der Waals surface area contributed by atoms with Gasteiger partial charge in [0.15, 0.2) is 0 Å². The van der Waals surface area contributed by atoms with Crippen LogP contribution in [0.2, 0.25) is 15.1 Å². The Morgan fingerprint density at radius 2 is 1.86 bits per heavy atom. The Labute approximate surface area is 181 Å². The molecule has 3 aromatic rings. The predicted molar refractivity (Wildman–Crippen MR) is 118 cm³/mol. The van der Waals surface area contributed by atoms with Crippen molar-refractivity contribution in [2.45, 2.75) is 13.0 Å². The average molecular weight is 478 g/mol. The third-order valence-electron chi connectivity index (χ3n) is 3.89. The number of fused-ring (bicyclic) bond motifs is 1. The van der Waals surface area contributed by atoms with Crippen molar-refractivity contribution in [3.8, 4) is 0 Å². The highest BCUT2D eigenvalue weighted by Gasteiger charge is 2.21. The van der Waals surface area contributed by atoms with E-state index in [1.54, 1.807) is 43.3 Å². The van der Waals surface area contributed by atoms with Crippen molar-refractivity contribution in [2.24, 2.45) is 0 Å². The van der Waals surface area contributed by atoms with Crippen LogP contribution in [0.25, 0.3) is 10.1 Å². The van der Waals surface area contributed by atoms with Gasteiger partial charge >= 0.3 is 0 Å². The fraction of sp³-hybridized carbons (Fsp3) is 0.167. The molecular weight excluding hydrogens is 463 g/mol. The fourth-order valence-corrected chi connectivity index (χ4v) is 5.53. The van der Waals surface area contributed by atoms with Gasteiger partial charge < -0.3 is 5.32 Å². The zero-order valence-corrected chi connectivity index (χ0v) is 18.6. The third-order valence-corrected chi connectivity index (χ3v) is 6.64. The molecule has 1 heterocycles. The first kappa shape index (κ1) is 21.2. The molecule has 0 spiro atoms. The van der Waals surface area contributed by atoms with E-state index in [9.17, 15) is 13.2 Å². The molecule has 2 aromatic carbocycles. The summed E-state index contributed by atoms with van der Waals surface area (Å²) in [5, 5.41) is 4.59. The molecular formula is C18H15Cl3N2O3S2. The summed E-state index contributed by atoms with van der Waals surface area (Å²) in [6, 6.07) is 9.70. The highest BCUT2D eigenvalue weighted by Crippen LogP contribution is 2.41. The van der Waals surface area contributed by atoms with Gasteiger partial charge in [-0.2, -0.15) is 0 Å². The van der Waals surface area contributed by atoms with E-state index in [2.05, 4.69) is 10.0 Å². The minimum atomic E-state index is -3.39. The molecule has 1 unspecified atom stereocenters. The Kier molecular flexibility index (Phi) is 6.12. The van der Waals surface area contributed by atoms with Crippen LogP contribution in [0, 0.1) is 0 Å². The van der Waals surface area contributed by atoms with E-state index in [1.807, 2.05) is 0 Å². The molecule has 5 nitrogen and oxygen atoms in total. The minimum absolute atomic E-state index is 0.277. The van der Waals surface area contributed by atoms with Crippen LogP contribution in [0.1, 0.15) is 28.2 Å². The van der Waals surface area contributed by atoms with Crippen LogP contribution in [0.5, 0.6) is 0 Å². The van der Waals surface area contributed by atoms with Gasteiger partial charge in [-0.3, -0.25) is 9.52 Å². The summed E-state index contributed by atoms with van der Waals surface area (Å²) < 4.78 is 25.9. The smallest absolute Gasteiger partial charge is 0.263 e. The highest BCUT2D eigenvalue weighted by atomic mass is 35.5. The Bertz CT molecular complexity index is 1180. The minimum Gasteiger partial charge on any atom is -0.345 e. The van der Waals surface area contributed by atoms with Crippen molar-refractivity contribution in [1.82, 2.24) is 5.32 Å². The van der Waals surface area contributed by atoms with Gasteiger partial charge in [-0.1, -0.05) is 46.9 Å². The van der Waals surface area contributed by atoms with E-state index in [-0.39, 0.29) is 17.0 Å². The molecule has 0 aliphatic rings. The molecule has 3 rings (SSSR count). The molecule has 0 radical (unpaired) electrons. The maximum atomic E-state index is 12.8. The molecule has 148 valence electrons. The van der Waals surface area contributed by atoms with E-state index in [1.165, 1.54) is 11.3 Å². The number of benzene rings is 2. The third kappa shape index (κ3) is 4.72. The number of sulfonamides is 1. The van der Waals surface area contributed by atoms with E-state index < -0.39 is 10.0 Å². The molecule has 0 saturated heterocycles. The summed E-state index contributed by atoms with van der Waals surface area (Å²) in [5.74, 6) is -0.354. The van der Waals surface area contributed by atoms with Gasteiger partial charge in [-0.05, 0) is 36.8 Å². The van der Waals surface area contributed by atoms with Crippen LogP contribution in [0.3, 0.4) is 0 Å². The molecule has 1 aromatic heterocycles. The first-order valence-electron chi connectivity index (χ1n) is 8.01.